The smallest absolute Gasteiger partial charge is 0.290 e. The predicted octanol–water partition coefficient (Wildman–Crippen LogP) is 4.55. The number of carbonyl (C=O) groups excluding carboxylic acids is 1. The molecule has 7 nitrogen and oxygen atoms in total. The molecule has 0 saturated carbocycles. The number of hydrogen-bond donors (Lipinski definition) is 0. The van der Waals surface area contributed by atoms with Crippen LogP contribution in [0.3, 0.4) is 0 Å². The number of carbonyl (C=O) groups is 1. The summed E-state index contributed by atoms with van der Waals surface area (Å²) in [5.74, 6) is 0.729. The average Bonchev–Trinajstić information content (AvgIpc) is 3.17. The maximum Gasteiger partial charge on any atom is 0.290 e. The highest BCUT2D eigenvalue weighted by Crippen LogP contribution is 2.38. The Morgan fingerprint density at radius 2 is 1.78 bits per heavy atom. The molecule has 36 heavy (non-hydrogen) atoms. The SMILES string of the molecule is CCCCOc1ccc([C@@H]2c3c(oc4ccc(C)cc4c3=O)C(=O)N2CCCN2CCOCC2)cc1. The first kappa shape index (κ1) is 24.5. The van der Waals surface area contributed by atoms with Crippen LogP contribution >= 0.6 is 0 Å². The van der Waals surface area contributed by atoms with E-state index in [0.717, 1.165) is 69.0 Å². The van der Waals surface area contributed by atoms with Crippen LogP contribution in [0.2, 0.25) is 0 Å². The maximum absolute atomic E-state index is 13.7. The Balaban J connectivity index is 1.48. The summed E-state index contributed by atoms with van der Waals surface area (Å²) >= 11 is 0. The van der Waals surface area contributed by atoms with Gasteiger partial charge in [-0.3, -0.25) is 14.5 Å². The van der Waals surface area contributed by atoms with Gasteiger partial charge in [-0.25, -0.2) is 0 Å². The quantitative estimate of drug-likeness (QED) is 0.410. The Bertz CT molecular complexity index is 1280. The number of morpholine rings is 1. The van der Waals surface area contributed by atoms with Crippen molar-refractivity contribution in [1.29, 1.82) is 0 Å². The molecule has 0 bridgehead atoms. The van der Waals surface area contributed by atoms with Crippen molar-refractivity contribution in [2.24, 2.45) is 0 Å². The summed E-state index contributed by atoms with van der Waals surface area (Å²) in [7, 11) is 0. The van der Waals surface area contributed by atoms with E-state index in [0.29, 0.717) is 29.7 Å². The molecule has 5 rings (SSSR count). The lowest BCUT2D eigenvalue weighted by molar-refractivity contribution is 0.0353. The van der Waals surface area contributed by atoms with Gasteiger partial charge in [-0.2, -0.15) is 0 Å². The zero-order valence-corrected chi connectivity index (χ0v) is 21.1. The van der Waals surface area contributed by atoms with E-state index in [4.69, 9.17) is 13.9 Å². The lowest BCUT2D eigenvalue weighted by Crippen LogP contribution is -2.38. The number of nitrogens with zero attached hydrogens (tertiary/aromatic N) is 2. The van der Waals surface area contributed by atoms with Gasteiger partial charge >= 0.3 is 0 Å². The van der Waals surface area contributed by atoms with Crippen LogP contribution in [0.5, 0.6) is 5.75 Å². The van der Waals surface area contributed by atoms with Gasteiger partial charge in [0.25, 0.3) is 5.91 Å². The van der Waals surface area contributed by atoms with Crippen LogP contribution in [0.15, 0.2) is 51.7 Å². The molecular weight excluding hydrogens is 456 g/mol. The molecule has 0 N–H and O–H groups in total. The van der Waals surface area contributed by atoms with Crippen molar-refractivity contribution in [3.63, 3.8) is 0 Å². The molecule has 3 heterocycles. The Hall–Kier alpha value is -3.16. The van der Waals surface area contributed by atoms with Crippen LogP contribution in [-0.4, -0.2) is 61.7 Å². The van der Waals surface area contributed by atoms with Crippen LogP contribution in [0.25, 0.3) is 11.0 Å². The van der Waals surface area contributed by atoms with Crippen LogP contribution in [-0.2, 0) is 4.74 Å². The fraction of sp³-hybridized carbons (Fsp3) is 0.448. The average molecular weight is 491 g/mol. The number of rotatable bonds is 9. The van der Waals surface area contributed by atoms with Crippen molar-refractivity contribution in [2.45, 2.75) is 39.2 Å². The highest BCUT2D eigenvalue weighted by Gasteiger charge is 2.42. The number of amides is 1. The molecule has 1 saturated heterocycles. The predicted molar refractivity (Wildman–Crippen MR) is 139 cm³/mol. The lowest BCUT2D eigenvalue weighted by Gasteiger charge is -2.29. The van der Waals surface area contributed by atoms with Gasteiger partial charge in [0, 0.05) is 26.2 Å². The Morgan fingerprint density at radius 1 is 1.00 bits per heavy atom. The number of fused-ring (bicyclic) bond motifs is 2. The monoisotopic (exact) mass is 490 g/mol. The molecule has 2 aromatic carbocycles. The van der Waals surface area contributed by atoms with Crippen LogP contribution in [0.1, 0.15) is 59.5 Å². The van der Waals surface area contributed by atoms with E-state index in [9.17, 15) is 9.59 Å². The molecule has 3 aromatic rings. The van der Waals surface area contributed by atoms with E-state index in [2.05, 4.69) is 11.8 Å². The van der Waals surface area contributed by atoms with Crippen molar-refractivity contribution in [1.82, 2.24) is 9.80 Å². The van der Waals surface area contributed by atoms with Crippen molar-refractivity contribution in [2.75, 3.05) is 46.0 Å². The topological polar surface area (TPSA) is 72.2 Å². The molecule has 1 aromatic heterocycles. The van der Waals surface area contributed by atoms with E-state index < -0.39 is 6.04 Å². The fourth-order valence-corrected chi connectivity index (χ4v) is 5.08. The number of ether oxygens (including phenoxy) is 2. The van der Waals surface area contributed by atoms with Crippen LogP contribution in [0.4, 0.5) is 0 Å². The molecule has 0 spiro atoms. The van der Waals surface area contributed by atoms with Gasteiger partial charge in [0.1, 0.15) is 11.3 Å². The molecule has 2 aliphatic heterocycles. The fourth-order valence-electron chi connectivity index (χ4n) is 5.08. The summed E-state index contributed by atoms with van der Waals surface area (Å²) < 4.78 is 17.4. The second kappa shape index (κ2) is 10.8. The number of aryl methyl sites for hydroxylation is 1. The normalized spacial score (nSPS) is 18.1. The lowest BCUT2D eigenvalue weighted by atomic mass is 9.98. The van der Waals surface area contributed by atoms with Crippen molar-refractivity contribution < 1.29 is 18.7 Å². The molecule has 7 heteroatoms. The second-order valence-corrected chi connectivity index (χ2v) is 9.65. The Morgan fingerprint density at radius 3 is 2.53 bits per heavy atom. The van der Waals surface area contributed by atoms with Gasteiger partial charge in [0.2, 0.25) is 5.76 Å². The summed E-state index contributed by atoms with van der Waals surface area (Å²) in [6.45, 7) is 9.46. The molecular formula is C29H34N2O5. The van der Waals surface area contributed by atoms with E-state index in [1.165, 1.54) is 0 Å². The Labute approximate surface area is 211 Å². The van der Waals surface area contributed by atoms with Gasteiger partial charge in [-0.1, -0.05) is 37.1 Å². The maximum atomic E-state index is 13.7. The second-order valence-electron chi connectivity index (χ2n) is 9.65. The molecule has 0 radical (unpaired) electrons. The van der Waals surface area contributed by atoms with Gasteiger partial charge in [-0.05, 0) is 49.6 Å². The zero-order valence-electron chi connectivity index (χ0n) is 21.1. The minimum absolute atomic E-state index is 0.132. The van der Waals surface area contributed by atoms with E-state index in [-0.39, 0.29) is 17.1 Å². The minimum atomic E-state index is -0.483. The molecule has 1 amide bonds. The summed E-state index contributed by atoms with van der Waals surface area (Å²) in [5, 5.41) is 0.515. The van der Waals surface area contributed by atoms with Gasteiger partial charge in [-0.15, -0.1) is 0 Å². The minimum Gasteiger partial charge on any atom is -0.494 e. The third-order valence-corrected chi connectivity index (χ3v) is 7.06. The van der Waals surface area contributed by atoms with Gasteiger partial charge in [0.15, 0.2) is 5.43 Å². The molecule has 2 aliphatic rings. The Kier molecular flexibility index (Phi) is 7.39. The third kappa shape index (κ3) is 4.90. The molecule has 190 valence electrons. The van der Waals surface area contributed by atoms with Crippen molar-refractivity contribution in [3.05, 3.63) is 75.1 Å². The number of hydrogen-bond acceptors (Lipinski definition) is 6. The first-order valence-electron chi connectivity index (χ1n) is 13.0. The van der Waals surface area contributed by atoms with E-state index >= 15 is 0 Å². The number of unbranched alkanes of at least 4 members (excludes halogenated alkanes) is 1. The summed E-state index contributed by atoms with van der Waals surface area (Å²) in [6, 6.07) is 12.8. The summed E-state index contributed by atoms with van der Waals surface area (Å²) in [6.07, 6.45) is 2.87. The standard InChI is InChI=1S/C29H34N2O5/c1-3-4-16-35-22-9-7-21(8-10-22)26-25-27(32)23-19-20(2)6-11-24(23)36-28(25)29(33)31(26)13-5-12-30-14-17-34-18-15-30/h6-11,19,26H,3-5,12-18H2,1-2H3/t26-/m1/s1. The highest BCUT2D eigenvalue weighted by molar-refractivity contribution is 5.99. The molecule has 1 fully saturated rings. The summed E-state index contributed by atoms with van der Waals surface area (Å²) in [4.78, 5) is 31.5. The van der Waals surface area contributed by atoms with Crippen LogP contribution in [0, 0.1) is 6.92 Å². The zero-order chi connectivity index (χ0) is 25.1. The van der Waals surface area contributed by atoms with Gasteiger partial charge in [0.05, 0.1) is 36.8 Å². The molecule has 1 atom stereocenters. The largest absolute Gasteiger partial charge is 0.494 e. The van der Waals surface area contributed by atoms with E-state index in [1.54, 1.807) is 11.0 Å². The summed E-state index contributed by atoms with van der Waals surface area (Å²) in [5.41, 5.74) is 2.62. The highest BCUT2D eigenvalue weighted by atomic mass is 16.5. The van der Waals surface area contributed by atoms with E-state index in [1.807, 2.05) is 43.3 Å². The third-order valence-electron chi connectivity index (χ3n) is 7.06. The number of benzene rings is 2. The molecule has 0 aliphatic carbocycles. The van der Waals surface area contributed by atoms with Crippen molar-refractivity contribution in [3.8, 4) is 5.75 Å². The van der Waals surface area contributed by atoms with Crippen LogP contribution < -0.4 is 10.2 Å². The first-order valence-corrected chi connectivity index (χ1v) is 13.0. The van der Waals surface area contributed by atoms with Crippen molar-refractivity contribution >= 4 is 16.9 Å². The first-order chi connectivity index (χ1) is 17.6. The molecule has 0 unspecified atom stereocenters. The van der Waals surface area contributed by atoms with Gasteiger partial charge < -0.3 is 18.8 Å².